The molecule has 2 aliphatic rings. The number of fused-ring (bicyclic) bond motifs is 1. The molecule has 0 amide bonds. The van der Waals surface area contributed by atoms with E-state index < -0.39 is 0 Å². The summed E-state index contributed by atoms with van der Waals surface area (Å²) in [7, 11) is 2.02. The molecule has 2 aliphatic carbocycles. The van der Waals surface area contributed by atoms with E-state index in [-0.39, 0.29) is 0 Å². The average Bonchev–Trinajstić information content (AvgIpc) is 2.93. The van der Waals surface area contributed by atoms with Gasteiger partial charge in [0.05, 0.1) is 10.0 Å². The predicted molar refractivity (Wildman–Crippen MR) is 72.6 cm³/mol. The molecule has 2 fully saturated rings. The van der Waals surface area contributed by atoms with Gasteiger partial charge in [0, 0.05) is 6.04 Å². The molecule has 92 valence electrons. The Morgan fingerprint density at radius 1 is 1.18 bits per heavy atom. The standard InChI is InChI=1S/C14H17Cl2N/c1-17-14(10-6-8-5-9(8)7-10)11-3-2-4-12(15)13(11)16/h2-4,8-10,14,17H,5-7H2,1H3. The van der Waals surface area contributed by atoms with Crippen molar-refractivity contribution in [3.8, 4) is 0 Å². The molecule has 1 aromatic carbocycles. The lowest BCUT2D eigenvalue weighted by Gasteiger charge is -2.26. The van der Waals surface area contributed by atoms with E-state index in [1.54, 1.807) is 0 Å². The van der Waals surface area contributed by atoms with Crippen molar-refractivity contribution in [2.24, 2.45) is 17.8 Å². The summed E-state index contributed by atoms with van der Waals surface area (Å²) in [4.78, 5) is 0. The van der Waals surface area contributed by atoms with Gasteiger partial charge in [-0.2, -0.15) is 0 Å². The summed E-state index contributed by atoms with van der Waals surface area (Å²) in [5.74, 6) is 2.71. The molecule has 0 saturated heterocycles. The summed E-state index contributed by atoms with van der Waals surface area (Å²) in [5.41, 5.74) is 1.16. The Bertz CT molecular complexity index is 422. The Kier molecular flexibility index (Phi) is 3.10. The first-order chi connectivity index (χ1) is 8.20. The summed E-state index contributed by atoms with van der Waals surface area (Å²) in [5, 5.41) is 4.80. The molecule has 3 rings (SSSR count). The lowest BCUT2D eigenvalue weighted by molar-refractivity contribution is 0.359. The van der Waals surface area contributed by atoms with Crippen molar-refractivity contribution in [3.05, 3.63) is 33.8 Å². The van der Waals surface area contributed by atoms with Gasteiger partial charge in [-0.25, -0.2) is 0 Å². The van der Waals surface area contributed by atoms with Crippen LogP contribution in [0.1, 0.15) is 30.9 Å². The molecule has 1 aromatic rings. The number of rotatable bonds is 3. The largest absolute Gasteiger partial charge is 0.313 e. The molecule has 1 nitrogen and oxygen atoms in total. The molecule has 0 heterocycles. The van der Waals surface area contributed by atoms with Gasteiger partial charge >= 0.3 is 0 Å². The van der Waals surface area contributed by atoms with Crippen molar-refractivity contribution in [2.45, 2.75) is 25.3 Å². The summed E-state index contributed by atoms with van der Waals surface area (Å²) in [6.07, 6.45) is 4.15. The van der Waals surface area contributed by atoms with Crippen molar-refractivity contribution in [3.63, 3.8) is 0 Å². The van der Waals surface area contributed by atoms with Gasteiger partial charge < -0.3 is 5.32 Å². The average molecular weight is 270 g/mol. The third-order valence-electron chi connectivity index (χ3n) is 4.38. The third kappa shape index (κ3) is 2.09. The molecule has 3 heteroatoms. The number of hydrogen-bond donors (Lipinski definition) is 1. The quantitative estimate of drug-likeness (QED) is 0.863. The Hall–Kier alpha value is -0.240. The van der Waals surface area contributed by atoms with Crippen molar-refractivity contribution >= 4 is 23.2 Å². The number of halogens is 2. The monoisotopic (exact) mass is 269 g/mol. The highest BCUT2D eigenvalue weighted by Crippen LogP contribution is 2.57. The Morgan fingerprint density at radius 3 is 2.53 bits per heavy atom. The third-order valence-corrected chi connectivity index (χ3v) is 5.21. The number of benzene rings is 1. The first-order valence-corrected chi connectivity index (χ1v) is 7.07. The van der Waals surface area contributed by atoms with Crippen LogP contribution < -0.4 is 5.32 Å². The maximum Gasteiger partial charge on any atom is 0.0640 e. The maximum atomic E-state index is 6.32. The summed E-state index contributed by atoms with van der Waals surface area (Å²) < 4.78 is 0. The summed E-state index contributed by atoms with van der Waals surface area (Å²) >= 11 is 12.4. The first-order valence-electron chi connectivity index (χ1n) is 6.32. The van der Waals surface area contributed by atoms with Gasteiger partial charge in [-0.1, -0.05) is 35.3 Å². The molecule has 17 heavy (non-hydrogen) atoms. The van der Waals surface area contributed by atoms with Gasteiger partial charge in [0.1, 0.15) is 0 Å². The van der Waals surface area contributed by atoms with Crippen LogP contribution in [-0.4, -0.2) is 7.05 Å². The Morgan fingerprint density at radius 2 is 1.88 bits per heavy atom. The van der Waals surface area contributed by atoms with E-state index >= 15 is 0 Å². The van der Waals surface area contributed by atoms with Crippen molar-refractivity contribution in [1.82, 2.24) is 5.32 Å². The van der Waals surface area contributed by atoms with Gasteiger partial charge in [0.15, 0.2) is 0 Å². The van der Waals surface area contributed by atoms with Gasteiger partial charge in [-0.15, -0.1) is 0 Å². The van der Waals surface area contributed by atoms with E-state index in [0.29, 0.717) is 16.1 Å². The molecule has 0 radical (unpaired) electrons. The molecule has 0 aliphatic heterocycles. The van der Waals surface area contributed by atoms with Gasteiger partial charge in [0.2, 0.25) is 0 Å². The molecule has 0 bridgehead atoms. The van der Waals surface area contributed by atoms with Crippen LogP contribution in [0.4, 0.5) is 0 Å². The smallest absolute Gasteiger partial charge is 0.0640 e. The van der Waals surface area contributed by atoms with E-state index in [2.05, 4.69) is 11.4 Å². The van der Waals surface area contributed by atoms with Crippen molar-refractivity contribution < 1.29 is 0 Å². The normalized spacial score (nSPS) is 32.3. The molecule has 3 atom stereocenters. The van der Waals surface area contributed by atoms with Crippen LogP contribution in [0.15, 0.2) is 18.2 Å². The zero-order chi connectivity index (χ0) is 12.0. The molecule has 0 spiro atoms. The van der Waals surface area contributed by atoms with E-state index in [9.17, 15) is 0 Å². The zero-order valence-corrected chi connectivity index (χ0v) is 11.4. The first kappa shape index (κ1) is 11.8. The highest BCUT2D eigenvalue weighted by molar-refractivity contribution is 6.42. The number of hydrogen-bond acceptors (Lipinski definition) is 1. The minimum Gasteiger partial charge on any atom is -0.313 e. The van der Waals surface area contributed by atoms with Crippen molar-refractivity contribution in [2.75, 3.05) is 7.05 Å². The SMILES string of the molecule is CNC(c1cccc(Cl)c1Cl)C1CC2CC2C1. The fourth-order valence-electron chi connectivity index (χ4n) is 3.44. The Balaban J connectivity index is 1.86. The van der Waals surface area contributed by atoms with Crippen LogP contribution in [-0.2, 0) is 0 Å². The highest BCUT2D eigenvalue weighted by atomic mass is 35.5. The van der Waals surface area contributed by atoms with E-state index in [1.807, 2.05) is 19.2 Å². The molecule has 0 aromatic heterocycles. The van der Waals surface area contributed by atoms with Crippen LogP contribution in [0.3, 0.4) is 0 Å². The van der Waals surface area contributed by atoms with Crippen molar-refractivity contribution in [1.29, 1.82) is 0 Å². The zero-order valence-electron chi connectivity index (χ0n) is 9.92. The second-order valence-corrected chi connectivity index (χ2v) is 6.18. The summed E-state index contributed by atoms with van der Waals surface area (Å²) in [6.45, 7) is 0. The molecule has 3 unspecified atom stereocenters. The lowest BCUT2D eigenvalue weighted by atomic mass is 9.89. The number of nitrogens with one attached hydrogen (secondary N) is 1. The van der Waals surface area contributed by atoms with E-state index in [0.717, 1.165) is 23.3 Å². The minimum atomic E-state index is 0.356. The van der Waals surface area contributed by atoms with E-state index in [4.69, 9.17) is 23.2 Å². The van der Waals surface area contributed by atoms with Crippen LogP contribution in [0.2, 0.25) is 10.0 Å². The van der Waals surface area contributed by atoms with Crippen LogP contribution in [0, 0.1) is 17.8 Å². The fraction of sp³-hybridized carbons (Fsp3) is 0.571. The second-order valence-electron chi connectivity index (χ2n) is 5.40. The summed E-state index contributed by atoms with van der Waals surface area (Å²) in [6, 6.07) is 6.30. The Labute approximate surface area is 112 Å². The minimum absolute atomic E-state index is 0.356. The lowest BCUT2D eigenvalue weighted by Crippen LogP contribution is -2.24. The topological polar surface area (TPSA) is 12.0 Å². The van der Waals surface area contributed by atoms with Gasteiger partial charge in [0.25, 0.3) is 0 Å². The molecular weight excluding hydrogens is 253 g/mol. The molecular formula is C14H17Cl2N. The van der Waals surface area contributed by atoms with Gasteiger partial charge in [-0.3, -0.25) is 0 Å². The second kappa shape index (κ2) is 4.46. The molecule has 1 N–H and O–H groups in total. The van der Waals surface area contributed by atoms with Gasteiger partial charge in [-0.05, 0) is 55.7 Å². The highest BCUT2D eigenvalue weighted by Gasteiger charge is 2.48. The maximum absolute atomic E-state index is 6.32. The van der Waals surface area contributed by atoms with Crippen LogP contribution in [0.25, 0.3) is 0 Å². The van der Waals surface area contributed by atoms with Crippen LogP contribution in [0.5, 0.6) is 0 Å². The predicted octanol–water partition coefficient (Wildman–Crippen LogP) is 4.30. The van der Waals surface area contributed by atoms with E-state index in [1.165, 1.54) is 19.3 Å². The molecule has 2 saturated carbocycles. The van der Waals surface area contributed by atoms with Crippen LogP contribution >= 0.6 is 23.2 Å². The fourth-order valence-corrected chi connectivity index (χ4v) is 3.86.